The Morgan fingerprint density at radius 1 is 0.857 bits per heavy atom. The van der Waals surface area contributed by atoms with Crippen LogP contribution >= 0.6 is 12.6 Å². The number of Topliss-reactive ketones (excluding diaryl/α,β-unsaturated/α-hetero) is 1. The van der Waals surface area contributed by atoms with Crippen LogP contribution in [0.3, 0.4) is 0 Å². The van der Waals surface area contributed by atoms with Gasteiger partial charge in [0.1, 0.15) is 0 Å². The molecule has 0 saturated carbocycles. The van der Waals surface area contributed by atoms with Gasteiger partial charge in [0.2, 0.25) is 0 Å². The Labute approximate surface area is 173 Å². The third-order valence-corrected chi connectivity index (χ3v) is 5.15. The highest BCUT2D eigenvalue weighted by Crippen LogP contribution is 2.35. The van der Waals surface area contributed by atoms with Crippen LogP contribution in [0, 0.1) is 0 Å². The van der Waals surface area contributed by atoms with Gasteiger partial charge < -0.3 is 4.90 Å². The Balaban J connectivity index is 1.95. The van der Waals surface area contributed by atoms with Crippen molar-refractivity contribution >= 4 is 35.5 Å². The quantitative estimate of drug-likeness (QED) is 0.317. The van der Waals surface area contributed by atoms with Gasteiger partial charge >= 0.3 is 0 Å². The molecule has 0 spiro atoms. The van der Waals surface area contributed by atoms with Gasteiger partial charge in [0.05, 0.1) is 0 Å². The number of anilines is 3. The van der Waals surface area contributed by atoms with E-state index < -0.39 is 0 Å². The van der Waals surface area contributed by atoms with Crippen LogP contribution in [0.25, 0.3) is 0 Å². The lowest BCUT2D eigenvalue weighted by atomic mass is 10.0. The highest BCUT2D eigenvalue weighted by atomic mass is 32.1. The Morgan fingerprint density at radius 2 is 1.39 bits per heavy atom. The van der Waals surface area contributed by atoms with Gasteiger partial charge in [0.25, 0.3) is 0 Å². The smallest absolute Gasteiger partial charge is 0.162 e. The maximum absolute atomic E-state index is 12.3. The Kier molecular flexibility index (Phi) is 6.94. The van der Waals surface area contributed by atoms with E-state index in [4.69, 9.17) is 0 Å². The van der Waals surface area contributed by atoms with Crippen LogP contribution in [0.15, 0.2) is 78.9 Å². The summed E-state index contributed by atoms with van der Waals surface area (Å²) in [6.07, 6.45) is 2.58. The highest BCUT2D eigenvalue weighted by molar-refractivity contribution is 7.80. The number of carbonyl (C=O) groups excluding carboxylic acids is 1. The summed E-state index contributed by atoms with van der Waals surface area (Å²) in [6.45, 7) is 4.18. The first-order valence-electron chi connectivity index (χ1n) is 9.86. The van der Waals surface area contributed by atoms with Crippen LogP contribution < -0.4 is 4.90 Å². The fourth-order valence-corrected chi connectivity index (χ4v) is 3.38. The molecule has 3 rings (SSSR count). The van der Waals surface area contributed by atoms with E-state index in [9.17, 15) is 4.79 Å². The summed E-state index contributed by atoms with van der Waals surface area (Å²) in [5, 5.41) is 0.202. The lowest BCUT2D eigenvalue weighted by Gasteiger charge is -2.26. The second-order valence-corrected chi connectivity index (χ2v) is 7.79. The molecule has 0 aromatic heterocycles. The molecular weight excluding hydrogens is 362 g/mol. The van der Waals surface area contributed by atoms with Gasteiger partial charge in [0.15, 0.2) is 5.78 Å². The van der Waals surface area contributed by atoms with Gasteiger partial charge in [-0.2, -0.15) is 12.6 Å². The minimum atomic E-state index is 0.202. The lowest BCUT2D eigenvalue weighted by molar-refractivity contribution is 0.0980. The zero-order valence-corrected chi connectivity index (χ0v) is 17.4. The molecular formula is C25H27NOS. The van der Waals surface area contributed by atoms with Gasteiger partial charge in [-0.25, -0.2) is 0 Å². The van der Waals surface area contributed by atoms with Crippen molar-refractivity contribution in [3.05, 3.63) is 90.0 Å². The molecule has 28 heavy (non-hydrogen) atoms. The molecule has 144 valence electrons. The van der Waals surface area contributed by atoms with Crippen molar-refractivity contribution in [2.24, 2.45) is 0 Å². The highest BCUT2D eigenvalue weighted by Gasteiger charge is 2.13. The molecule has 3 aromatic rings. The Hall–Kier alpha value is -2.52. The average Bonchev–Trinajstić information content (AvgIpc) is 2.74. The second kappa shape index (κ2) is 9.61. The van der Waals surface area contributed by atoms with Crippen LogP contribution in [0.4, 0.5) is 17.1 Å². The number of carbonyl (C=O) groups is 1. The summed E-state index contributed by atoms with van der Waals surface area (Å²) in [7, 11) is 0. The second-order valence-electron chi connectivity index (χ2n) is 7.01. The number of hydrogen-bond acceptors (Lipinski definition) is 3. The molecule has 3 heteroatoms. The number of benzene rings is 3. The number of unbranched alkanes of at least 4 members (excludes halogenated alkanes) is 1. The van der Waals surface area contributed by atoms with Crippen LogP contribution in [-0.2, 0) is 0 Å². The fourth-order valence-electron chi connectivity index (χ4n) is 3.20. The van der Waals surface area contributed by atoms with Gasteiger partial charge in [-0.15, -0.1) is 0 Å². The lowest BCUT2D eigenvalue weighted by Crippen LogP contribution is -2.10. The monoisotopic (exact) mass is 389 g/mol. The third-order valence-electron chi connectivity index (χ3n) is 4.85. The molecule has 0 aliphatic rings. The third kappa shape index (κ3) is 4.85. The standard InChI is InChI=1S/C25H27NOS/c1-3-4-10-25(27)21-13-17-24(18-14-21)26(22-8-6-5-7-9-22)23-15-11-20(12-16-23)19(2)28/h5-9,11-19,28H,3-4,10H2,1-2H3. The molecule has 0 fully saturated rings. The predicted molar refractivity (Wildman–Crippen MR) is 122 cm³/mol. The van der Waals surface area contributed by atoms with Gasteiger partial charge in [0, 0.05) is 34.3 Å². The summed E-state index contributed by atoms with van der Waals surface area (Å²) in [6, 6.07) is 26.7. The zero-order valence-electron chi connectivity index (χ0n) is 16.5. The van der Waals surface area contributed by atoms with Crippen LogP contribution in [0.1, 0.15) is 54.3 Å². The van der Waals surface area contributed by atoms with E-state index in [1.807, 2.05) is 42.5 Å². The SMILES string of the molecule is CCCCC(=O)c1ccc(N(c2ccccc2)c2ccc(C(C)S)cc2)cc1. The largest absolute Gasteiger partial charge is 0.311 e. The summed E-state index contributed by atoms with van der Waals surface area (Å²) in [5.74, 6) is 0.215. The van der Waals surface area contributed by atoms with E-state index in [-0.39, 0.29) is 11.0 Å². The molecule has 0 amide bonds. The van der Waals surface area contributed by atoms with Crippen molar-refractivity contribution in [3.63, 3.8) is 0 Å². The van der Waals surface area contributed by atoms with Crippen molar-refractivity contribution in [2.75, 3.05) is 4.90 Å². The topological polar surface area (TPSA) is 20.3 Å². The fraction of sp³-hybridized carbons (Fsp3) is 0.240. The molecule has 3 aromatic carbocycles. The first-order chi connectivity index (χ1) is 13.6. The van der Waals surface area contributed by atoms with Crippen molar-refractivity contribution in [1.29, 1.82) is 0 Å². The van der Waals surface area contributed by atoms with E-state index in [0.717, 1.165) is 35.5 Å². The van der Waals surface area contributed by atoms with E-state index in [1.165, 1.54) is 5.56 Å². The molecule has 0 N–H and O–H groups in total. The molecule has 0 bridgehead atoms. The number of para-hydroxylation sites is 1. The van der Waals surface area contributed by atoms with Crippen molar-refractivity contribution in [1.82, 2.24) is 0 Å². The molecule has 0 radical (unpaired) electrons. The summed E-state index contributed by atoms with van der Waals surface area (Å²) >= 11 is 4.52. The number of thiol groups is 1. The maximum Gasteiger partial charge on any atom is 0.162 e. The van der Waals surface area contributed by atoms with Gasteiger partial charge in [-0.05, 0) is 67.4 Å². The maximum atomic E-state index is 12.3. The minimum Gasteiger partial charge on any atom is -0.311 e. The Morgan fingerprint density at radius 3 is 1.93 bits per heavy atom. The number of ketones is 1. The number of rotatable bonds is 8. The summed E-state index contributed by atoms with van der Waals surface area (Å²) in [4.78, 5) is 14.5. The Bertz CT molecular complexity index is 886. The molecule has 1 atom stereocenters. The number of hydrogen-bond donors (Lipinski definition) is 1. The van der Waals surface area contributed by atoms with E-state index in [0.29, 0.717) is 6.42 Å². The van der Waals surface area contributed by atoms with Gasteiger partial charge in [-0.1, -0.05) is 43.7 Å². The van der Waals surface area contributed by atoms with Crippen molar-refractivity contribution in [3.8, 4) is 0 Å². The molecule has 1 unspecified atom stereocenters. The van der Waals surface area contributed by atoms with Crippen LogP contribution in [-0.4, -0.2) is 5.78 Å². The average molecular weight is 390 g/mol. The van der Waals surface area contributed by atoms with Crippen molar-refractivity contribution < 1.29 is 4.79 Å². The first kappa shape index (κ1) is 20.2. The zero-order chi connectivity index (χ0) is 19.9. The number of nitrogens with zero attached hydrogens (tertiary/aromatic N) is 1. The normalized spacial score (nSPS) is 11.8. The molecule has 0 aliphatic heterocycles. The van der Waals surface area contributed by atoms with Crippen LogP contribution in [0.2, 0.25) is 0 Å². The molecule has 2 nitrogen and oxygen atoms in total. The van der Waals surface area contributed by atoms with E-state index >= 15 is 0 Å². The van der Waals surface area contributed by atoms with E-state index in [2.05, 4.69) is 67.8 Å². The van der Waals surface area contributed by atoms with E-state index in [1.54, 1.807) is 0 Å². The van der Waals surface area contributed by atoms with Crippen LogP contribution in [0.5, 0.6) is 0 Å². The first-order valence-corrected chi connectivity index (χ1v) is 10.4. The van der Waals surface area contributed by atoms with Gasteiger partial charge in [-0.3, -0.25) is 4.79 Å². The van der Waals surface area contributed by atoms with Crippen molar-refractivity contribution in [2.45, 2.75) is 38.4 Å². The summed E-state index contributed by atoms with van der Waals surface area (Å²) < 4.78 is 0. The molecule has 0 saturated heterocycles. The molecule has 0 aliphatic carbocycles. The predicted octanol–water partition coefficient (Wildman–Crippen LogP) is 7.52. The minimum absolute atomic E-state index is 0.202. The summed E-state index contributed by atoms with van der Waals surface area (Å²) in [5.41, 5.74) is 5.17. The molecule has 0 heterocycles.